The highest BCUT2D eigenvalue weighted by Crippen LogP contribution is 2.60. The number of hydrogen-bond acceptors (Lipinski definition) is 12. The zero-order chi connectivity index (χ0) is 48.5. The maximum absolute atomic E-state index is 10.4. The maximum Gasteiger partial charge on any atom is 0.110 e. The smallest absolute Gasteiger partial charge is 0.110 e. The first-order valence-electron chi connectivity index (χ1n) is 25.7. The molecule has 6 saturated carbocycles. The van der Waals surface area contributed by atoms with Gasteiger partial charge in [-0.3, -0.25) is 0 Å². The van der Waals surface area contributed by atoms with Crippen LogP contribution in [0.4, 0.5) is 0 Å². The van der Waals surface area contributed by atoms with Gasteiger partial charge in [-0.2, -0.15) is 0 Å². The van der Waals surface area contributed by atoms with E-state index in [9.17, 15) is 30.6 Å². The summed E-state index contributed by atoms with van der Waals surface area (Å²) in [4.78, 5) is 0. The second-order valence-electron chi connectivity index (χ2n) is 22.8. The van der Waals surface area contributed by atoms with Gasteiger partial charge < -0.3 is 59.8 Å². The van der Waals surface area contributed by atoms with Crippen molar-refractivity contribution in [2.45, 2.75) is 218 Å². The number of aliphatic hydroxyl groups excluding tert-OH is 6. The van der Waals surface area contributed by atoms with Gasteiger partial charge in [-0.15, -0.1) is 0 Å². The van der Waals surface area contributed by atoms with Crippen LogP contribution in [0.25, 0.3) is 0 Å². The van der Waals surface area contributed by atoms with Gasteiger partial charge in [-0.1, -0.05) is 60.4 Å². The zero-order valence-corrected chi connectivity index (χ0v) is 42.0. The summed E-state index contributed by atoms with van der Waals surface area (Å²) in [7, 11) is 0. The topological polar surface area (TPSA) is 199 Å². The Morgan fingerprint density at radius 3 is 1.23 bits per heavy atom. The predicted molar refractivity (Wildman–Crippen MR) is 257 cm³/mol. The van der Waals surface area contributed by atoms with Gasteiger partial charge in [0.1, 0.15) is 12.2 Å². The van der Waals surface area contributed by atoms with Crippen molar-refractivity contribution < 1.29 is 59.8 Å². The van der Waals surface area contributed by atoms with Crippen LogP contribution in [-0.4, -0.2) is 141 Å². The Balaban J connectivity index is 0.000000247. The Morgan fingerprint density at radius 2 is 0.909 bits per heavy atom. The Bertz CT molecular complexity index is 1480. The van der Waals surface area contributed by atoms with E-state index in [4.69, 9.17) is 29.2 Å². The van der Waals surface area contributed by atoms with Crippen molar-refractivity contribution >= 4 is 0 Å². The van der Waals surface area contributed by atoms with Crippen LogP contribution >= 0.6 is 0 Å². The summed E-state index contributed by atoms with van der Waals surface area (Å²) in [6, 6.07) is 0. The van der Waals surface area contributed by atoms with Crippen LogP contribution < -0.4 is 0 Å². The molecule has 0 spiro atoms. The van der Waals surface area contributed by atoms with E-state index < -0.39 is 47.8 Å². The Labute approximate surface area is 397 Å². The fourth-order valence-electron chi connectivity index (χ4n) is 13.1. The number of rotatable bonds is 18. The Kier molecular flexibility index (Phi) is 20.6. The highest BCUT2D eigenvalue weighted by Gasteiger charge is 2.52. The molecule has 6 rings (SSSR count). The molecule has 380 valence electrons. The molecule has 6 aliphatic carbocycles. The van der Waals surface area contributed by atoms with Gasteiger partial charge >= 0.3 is 0 Å². The van der Waals surface area contributed by atoms with Crippen LogP contribution in [0.15, 0.2) is 46.6 Å². The summed E-state index contributed by atoms with van der Waals surface area (Å²) in [5.74, 6) is 2.13. The van der Waals surface area contributed by atoms with Crippen molar-refractivity contribution in [3.63, 3.8) is 0 Å². The van der Waals surface area contributed by atoms with Crippen molar-refractivity contribution in [2.75, 3.05) is 39.6 Å². The lowest BCUT2D eigenvalue weighted by Gasteiger charge is -2.44. The summed E-state index contributed by atoms with van der Waals surface area (Å²) in [5.41, 5.74) is 4.16. The van der Waals surface area contributed by atoms with Crippen molar-refractivity contribution in [1.82, 2.24) is 0 Å². The number of allylic oxidation sites excluding steroid dienone is 6. The summed E-state index contributed by atoms with van der Waals surface area (Å²) in [6.07, 6.45) is 19.8. The second kappa shape index (κ2) is 24.5. The zero-order valence-electron chi connectivity index (χ0n) is 42.0. The van der Waals surface area contributed by atoms with Gasteiger partial charge in [-0.05, 0) is 179 Å². The van der Waals surface area contributed by atoms with Crippen LogP contribution in [0.5, 0.6) is 0 Å². The lowest BCUT2D eigenvalue weighted by Crippen LogP contribution is -2.44. The first kappa shape index (κ1) is 55.4. The minimum absolute atomic E-state index is 0.116. The largest absolute Gasteiger partial charge is 0.394 e. The lowest BCUT2D eigenvalue weighted by molar-refractivity contribution is -0.115. The molecule has 0 saturated heterocycles. The molecule has 0 amide bonds. The molecule has 0 bridgehead atoms. The highest BCUT2D eigenvalue weighted by atomic mass is 16.5. The number of ether oxygens (including phenoxy) is 4. The van der Waals surface area contributed by atoms with Crippen LogP contribution in [-0.2, 0) is 18.9 Å². The molecule has 6 unspecified atom stereocenters. The van der Waals surface area contributed by atoms with E-state index in [1.807, 2.05) is 27.7 Å². The molecule has 0 heterocycles. The number of fused-ring (bicyclic) bond motifs is 2. The second-order valence-corrected chi connectivity index (χ2v) is 22.8. The summed E-state index contributed by atoms with van der Waals surface area (Å²) in [5, 5.41) is 79.5. The Hall–Kier alpha value is -1.52. The molecule has 12 atom stereocenters. The average Bonchev–Trinajstić information content (AvgIpc) is 3.78. The fraction of sp³-hybridized carbons (Fsp3) is 0.852. The highest BCUT2D eigenvalue weighted by molar-refractivity contribution is 5.28. The van der Waals surface area contributed by atoms with Gasteiger partial charge in [0.15, 0.2) is 0 Å². The van der Waals surface area contributed by atoms with Gasteiger partial charge in [0.05, 0.1) is 74.3 Å². The van der Waals surface area contributed by atoms with Crippen LogP contribution in [0.2, 0.25) is 0 Å². The van der Waals surface area contributed by atoms with E-state index in [2.05, 4.69) is 52.0 Å². The maximum atomic E-state index is 10.4. The molecular formula is C54H92O12. The molecule has 6 fully saturated rings. The quantitative estimate of drug-likeness (QED) is 0.0700. The molecule has 0 aromatic rings. The summed E-state index contributed by atoms with van der Waals surface area (Å²) < 4.78 is 23.3. The van der Waals surface area contributed by atoms with Crippen molar-refractivity contribution in [2.24, 2.45) is 34.5 Å². The third kappa shape index (κ3) is 14.8. The van der Waals surface area contributed by atoms with E-state index in [-0.39, 0.29) is 49.5 Å². The van der Waals surface area contributed by atoms with E-state index in [0.29, 0.717) is 75.4 Å². The molecule has 0 aromatic carbocycles. The SMILES string of the molecule is C[C@@H](OCCC(C)(C)O)C1CCC2/C(=C/C=C3C[C@@H](O)C(OCCO)[C@H](O)C3)CCCC21C.C[C@@H](OCCC(C)(C)O)C1CCC2/C(=C/C=C3C[C@@H](O)C(OCCO)[C@H](O)C3)CCCC21C. The van der Waals surface area contributed by atoms with Crippen LogP contribution in [0, 0.1) is 34.5 Å². The lowest BCUT2D eigenvalue weighted by atomic mass is 9.62. The first-order chi connectivity index (χ1) is 31.1. The fourth-order valence-corrected chi connectivity index (χ4v) is 13.1. The molecule has 0 aromatic heterocycles. The number of aliphatic hydroxyl groups is 8. The summed E-state index contributed by atoms with van der Waals surface area (Å²) in [6.45, 7) is 17.8. The summed E-state index contributed by atoms with van der Waals surface area (Å²) >= 11 is 0. The molecular weight excluding hydrogens is 841 g/mol. The van der Waals surface area contributed by atoms with Gasteiger partial charge in [0.2, 0.25) is 0 Å². The average molecular weight is 933 g/mol. The van der Waals surface area contributed by atoms with Gasteiger partial charge in [-0.25, -0.2) is 0 Å². The van der Waals surface area contributed by atoms with Crippen molar-refractivity contribution in [3.8, 4) is 0 Å². The van der Waals surface area contributed by atoms with E-state index >= 15 is 0 Å². The monoisotopic (exact) mass is 933 g/mol. The predicted octanol–water partition coefficient (Wildman–Crippen LogP) is 7.03. The molecule has 12 nitrogen and oxygen atoms in total. The van der Waals surface area contributed by atoms with E-state index in [0.717, 1.165) is 24.0 Å². The van der Waals surface area contributed by atoms with E-state index in [1.165, 1.54) is 62.5 Å². The molecule has 12 heteroatoms. The normalized spacial score (nSPS) is 37.3. The van der Waals surface area contributed by atoms with E-state index in [1.54, 1.807) is 0 Å². The Morgan fingerprint density at radius 1 is 0.561 bits per heavy atom. The standard InChI is InChI=1S/2C27H46O6/c2*1-18(32-14-12-26(2,3)31)21-9-10-22-20(6-5-11-27(21,22)4)8-7-19-16-23(29)25(24(30)17-19)33-15-13-28/h2*7-8,18,21-25,28-31H,5-6,9-17H2,1-4H3/b2*19-7?,20-8+/t2*18-,21?,22?,23-,24-,25?,27?/m11/s1. The number of hydrogen-bond donors (Lipinski definition) is 8. The third-order valence-electron chi connectivity index (χ3n) is 16.7. The molecule has 8 N–H and O–H groups in total. The first-order valence-corrected chi connectivity index (χ1v) is 25.7. The minimum atomic E-state index is -0.751. The molecule has 0 aliphatic heterocycles. The molecule has 66 heavy (non-hydrogen) atoms. The van der Waals surface area contributed by atoms with Gasteiger partial charge in [0.25, 0.3) is 0 Å². The van der Waals surface area contributed by atoms with Crippen molar-refractivity contribution in [1.29, 1.82) is 0 Å². The molecule has 6 aliphatic rings. The van der Waals surface area contributed by atoms with Crippen LogP contribution in [0.3, 0.4) is 0 Å². The molecule has 0 radical (unpaired) electrons. The van der Waals surface area contributed by atoms with Crippen molar-refractivity contribution in [3.05, 3.63) is 46.6 Å². The van der Waals surface area contributed by atoms with Crippen LogP contribution in [0.1, 0.15) is 158 Å². The minimum Gasteiger partial charge on any atom is -0.394 e. The third-order valence-corrected chi connectivity index (χ3v) is 16.7. The van der Waals surface area contributed by atoms with Gasteiger partial charge in [0, 0.05) is 13.2 Å².